The lowest BCUT2D eigenvalue weighted by atomic mass is 10.0. The molecule has 2 aromatic rings. The van der Waals surface area contributed by atoms with Crippen LogP contribution < -0.4 is 5.32 Å². The largest absolute Gasteiger partial charge is 0.360 e. The molecule has 0 spiro atoms. The van der Waals surface area contributed by atoms with Gasteiger partial charge in [0.05, 0.1) is 0 Å². The Morgan fingerprint density at radius 3 is 2.90 bits per heavy atom. The quantitative estimate of drug-likeness (QED) is 0.817. The average molecular weight is 288 g/mol. The van der Waals surface area contributed by atoms with Crippen LogP contribution in [-0.4, -0.2) is 21.7 Å². The summed E-state index contributed by atoms with van der Waals surface area (Å²) < 4.78 is 0. The molecule has 0 radical (unpaired) electrons. The molecule has 4 nitrogen and oxygen atoms in total. The zero-order valence-electron chi connectivity index (χ0n) is 11.6. The molecule has 0 amide bonds. The van der Waals surface area contributed by atoms with Crippen molar-refractivity contribution < 1.29 is 0 Å². The van der Waals surface area contributed by atoms with Crippen molar-refractivity contribution in [2.75, 3.05) is 11.9 Å². The fourth-order valence-electron chi connectivity index (χ4n) is 2.77. The van der Waals surface area contributed by atoms with Crippen molar-refractivity contribution in [3.05, 3.63) is 24.4 Å². The molecule has 0 unspecified atom stereocenters. The van der Waals surface area contributed by atoms with E-state index in [0.717, 1.165) is 28.3 Å². The van der Waals surface area contributed by atoms with Crippen LogP contribution in [0.3, 0.4) is 0 Å². The molecule has 3 rings (SSSR count). The number of hydrogen-bond donors (Lipinski definition) is 1. The topological polar surface area (TPSA) is 50.7 Å². The summed E-state index contributed by atoms with van der Waals surface area (Å²) in [6, 6.07) is 5.84. The first-order valence-corrected chi connectivity index (χ1v) is 8.22. The summed E-state index contributed by atoms with van der Waals surface area (Å²) in [5.41, 5.74) is 0.893. The second-order valence-electron chi connectivity index (χ2n) is 5.35. The van der Waals surface area contributed by atoms with Gasteiger partial charge in [-0.05, 0) is 30.9 Å². The Morgan fingerprint density at radius 2 is 2.10 bits per heavy atom. The molecule has 0 saturated heterocycles. The van der Waals surface area contributed by atoms with Crippen molar-refractivity contribution in [2.45, 2.75) is 38.5 Å². The highest BCUT2D eigenvalue weighted by Gasteiger charge is 2.14. The summed E-state index contributed by atoms with van der Waals surface area (Å²) in [6.07, 6.45) is 10.1. The Labute approximate surface area is 123 Å². The predicted molar refractivity (Wildman–Crippen MR) is 82.8 cm³/mol. The van der Waals surface area contributed by atoms with E-state index in [-0.39, 0.29) is 0 Å². The van der Waals surface area contributed by atoms with Crippen LogP contribution >= 0.6 is 11.3 Å². The number of hydrogen-bond acceptors (Lipinski definition) is 5. The summed E-state index contributed by atoms with van der Waals surface area (Å²) in [5.74, 6) is 0.968. The monoisotopic (exact) mass is 288 g/mol. The Morgan fingerprint density at radius 1 is 1.20 bits per heavy atom. The van der Waals surface area contributed by atoms with Gasteiger partial charge in [0.1, 0.15) is 5.69 Å². The first kappa shape index (κ1) is 13.5. The molecule has 1 saturated carbocycles. The van der Waals surface area contributed by atoms with Crippen LogP contribution in [0.15, 0.2) is 24.4 Å². The lowest BCUT2D eigenvalue weighted by Gasteiger charge is -2.08. The maximum atomic E-state index is 4.29. The van der Waals surface area contributed by atoms with E-state index >= 15 is 0 Å². The fourth-order valence-corrected chi connectivity index (χ4v) is 3.52. The number of nitrogens with zero attached hydrogens (tertiary/aromatic N) is 3. The number of pyridine rings is 1. The van der Waals surface area contributed by atoms with Crippen molar-refractivity contribution in [2.24, 2.45) is 5.92 Å². The first-order chi connectivity index (χ1) is 9.92. The summed E-state index contributed by atoms with van der Waals surface area (Å²) >= 11 is 1.57. The summed E-state index contributed by atoms with van der Waals surface area (Å²) in [6.45, 7) is 0.993. The van der Waals surface area contributed by atoms with Gasteiger partial charge in [-0.25, -0.2) is 0 Å². The van der Waals surface area contributed by atoms with Gasteiger partial charge in [-0.1, -0.05) is 43.1 Å². The molecule has 0 bridgehead atoms. The lowest BCUT2D eigenvalue weighted by Crippen LogP contribution is -2.03. The number of anilines is 1. The molecular formula is C15H20N4S. The smallest absolute Gasteiger partial charge is 0.206 e. The van der Waals surface area contributed by atoms with E-state index in [0.29, 0.717) is 0 Å². The van der Waals surface area contributed by atoms with E-state index in [2.05, 4.69) is 20.5 Å². The van der Waals surface area contributed by atoms with Gasteiger partial charge >= 0.3 is 0 Å². The van der Waals surface area contributed by atoms with E-state index in [9.17, 15) is 0 Å². The molecule has 106 valence electrons. The summed E-state index contributed by atoms with van der Waals surface area (Å²) in [4.78, 5) is 4.29. The van der Waals surface area contributed by atoms with E-state index in [1.54, 1.807) is 17.5 Å². The first-order valence-electron chi connectivity index (χ1n) is 7.40. The van der Waals surface area contributed by atoms with E-state index in [1.807, 2.05) is 18.2 Å². The van der Waals surface area contributed by atoms with Crippen LogP contribution in [-0.2, 0) is 0 Å². The van der Waals surface area contributed by atoms with Gasteiger partial charge in [-0.2, -0.15) is 0 Å². The number of nitrogens with one attached hydrogen (secondary N) is 1. The Kier molecular flexibility index (Phi) is 4.58. The highest BCUT2D eigenvalue weighted by atomic mass is 32.1. The molecule has 2 heterocycles. The zero-order valence-corrected chi connectivity index (χ0v) is 12.4. The molecule has 1 aliphatic carbocycles. The minimum absolute atomic E-state index is 0.879. The van der Waals surface area contributed by atoms with Gasteiger partial charge in [-0.3, -0.25) is 4.98 Å². The highest BCUT2D eigenvalue weighted by molar-refractivity contribution is 7.18. The van der Waals surface area contributed by atoms with Crippen molar-refractivity contribution in [3.8, 4) is 10.7 Å². The average Bonchev–Trinajstić information content (AvgIpc) is 3.16. The minimum atomic E-state index is 0.879. The summed E-state index contributed by atoms with van der Waals surface area (Å²) in [7, 11) is 0. The van der Waals surface area contributed by atoms with E-state index < -0.39 is 0 Å². The maximum Gasteiger partial charge on any atom is 0.206 e. The van der Waals surface area contributed by atoms with Crippen LogP contribution in [0, 0.1) is 5.92 Å². The molecule has 1 fully saturated rings. The lowest BCUT2D eigenvalue weighted by molar-refractivity contribution is 0.491. The third-order valence-electron chi connectivity index (χ3n) is 3.85. The van der Waals surface area contributed by atoms with Crippen LogP contribution in [0.5, 0.6) is 0 Å². The van der Waals surface area contributed by atoms with Gasteiger partial charge in [0.15, 0.2) is 5.01 Å². The molecular weight excluding hydrogens is 268 g/mol. The number of rotatable bonds is 6. The van der Waals surface area contributed by atoms with Gasteiger partial charge < -0.3 is 5.32 Å². The molecule has 1 N–H and O–H groups in total. The third-order valence-corrected chi connectivity index (χ3v) is 4.75. The summed E-state index contributed by atoms with van der Waals surface area (Å²) in [5, 5.41) is 13.5. The van der Waals surface area contributed by atoms with Crippen molar-refractivity contribution >= 4 is 16.5 Å². The molecule has 0 aliphatic heterocycles. The second-order valence-corrected chi connectivity index (χ2v) is 6.32. The van der Waals surface area contributed by atoms with Gasteiger partial charge in [-0.15, -0.1) is 10.2 Å². The molecule has 2 aromatic heterocycles. The second kappa shape index (κ2) is 6.79. The molecule has 0 aromatic carbocycles. The van der Waals surface area contributed by atoms with E-state index in [4.69, 9.17) is 0 Å². The zero-order chi connectivity index (χ0) is 13.6. The standard InChI is InChI=1S/C15H20N4S/c1-2-7-12(6-1)8-5-11-17-15-19-18-14(20-15)13-9-3-4-10-16-13/h3-4,9-10,12H,1-2,5-8,11H2,(H,17,19). The van der Waals surface area contributed by atoms with Crippen LogP contribution in [0.4, 0.5) is 5.13 Å². The van der Waals surface area contributed by atoms with Crippen molar-refractivity contribution in [1.82, 2.24) is 15.2 Å². The Hall–Kier alpha value is -1.49. The molecule has 1 aliphatic rings. The minimum Gasteiger partial charge on any atom is -0.360 e. The highest BCUT2D eigenvalue weighted by Crippen LogP contribution is 2.29. The van der Waals surface area contributed by atoms with Crippen LogP contribution in [0.1, 0.15) is 38.5 Å². The van der Waals surface area contributed by atoms with E-state index in [1.165, 1.54) is 38.5 Å². The Bertz CT molecular complexity index is 520. The molecule has 20 heavy (non-hydrogen) atoms. The van der Waals surface area contributed by atoms with Gasteiger partial charge in [0.2, 0.25) is 5.13 Å². The number of aromatic nitrogens is 3. The SMILES string of the molecule is c1ccc(-c2nnc(NCCCC3CCCC3)s2)nc1. The van der Waals surface area contributed by atoms with Gasteiger partial charge in [0.25, 0.3) is 0 Å². The molecule has 5 heteroatoms. The Balaban J connectivity index is 1.45. The van der Waals surface area contributed by atoms with Gasteiger partial charge in [0, 0.05) is 12.7 Å². The van der Waals surface area contributed by atoms with Crippen LogP contribution in [0.25, 0.3) is 10.7 Å². The van der Waals surface area contributed by atoms with Crippen LogP contribution in [0.2, 0.25) is 0 Å². The normalized spacial score (nSPS) is 15.6. The third kappa shape index (κ3) is 3.54. The maximum absolute atomic E-state index is 4.29. The molecule has 0 atom stereocenters. The predicted octanol–water partition coefficient (Wildman–Crippen LogP) is 3.98. The van der Waals surface area contributed by atoms with Crippen molar-refractivity contribution in [3.63, 3.8) is 0 Å². The fraction of sp³-hybridized carbons (Fsp3) is 0.533. The van der Waals surface area contributed by atoms with Crippen molar-refractivity contribution in [1.29, 1.82) is 0 Å².